The van der Waals surface area contributed by atoms with Crippen LogP contribution in [0.25, 0.3) is 0 Å². The summed E-state index contributed by atoms with van der Waals surface area (Å²) in [6.07, 6.45) is 0. The molecule has 5 heteroatoms. The lowest BCUT2D eigenvalue weighted by atomic mass is 10.1. The highest BCUT2D eigenvalue weighted by atomic mass is 32.1. The molecule has 0 bridgehead atoms. The third-order valence-electron chi connectivity index (χ3n) is 3.65. The first-order valence-corrected chi connectivity index (χ1v) is 8.03. The van der Waals surface area contributed by atoms with Crippen molar-refractivity contribution in [2.24, 2.45) is 0 Å². The zero-order chi connectivity index (χ0) is 16.1. The molecule has 118 valence electrons. The van der Waals surface area contributed by atoms with Gasteiger partial charge in [0.1, 0.15) is 5.75 Å². The predicted molar refractivity (Wildman–Crippen MR) is 90.8 cm³/mol. The third-order valence-corrected chi connectivity index (χ3v) is 4.66. The zero-order valence-electron chi connectivity index (χ0n) is 13.4. The Labute approximate surface area is 135 Å². The molecule has 22 heavy (non-hydrogen) atoms. The number of carbonyl (C=O) groups excluding carboxylic acids is 1. The minimum absolute atomic E-state index is 0.00661. The van der Waals surface area contributed by atoms with Crippen LogP contribution in [0.5, 0.6) is 5.75 Å². The summed E-state index contributed by atoms with van der Waals surface area (Å²) in [5.74, 6) is 0.826. The number of methoxy groups -OCH3 is 1. The maximum Gasteiger partial charge on any atom is 0.261 e. The lowest BCUT2D eigenvalue weighted by Gasteiger charge is -2.25. The number of thiophene rings is 1. The highest BCUT2D eigenvalue weighted by Crippen LogP contribution is 2.21. The number of hydrogen-bond donors (Lipinski definition) is 1. The molecule has 4 nitrogen and oxygen atoms in total. The molecule has 0 aliphatic carbocycles. The minimum atomic E-state index is -0.00661. The van der Waals surface area contributed by atoms with Gasteiger partial charge in [0.25, 0.3) is 5.91 Å². The molecule has 2 aromatic rings. The molecule has 0 radical (unpaired) electrons. The van der Waals surface area contributed by atoms with Gasteiger partial charge in [-0.15, -0.1) is 11.3 Å². The van der Waals surface area contributed by atoms with Crippen LogP contribution in [0.1, 0.15) is 26.8 Å². The first-order chi connectivity index (χ1) is 10.5. The maximum absolute atomic E-state index is 12.2. The molecular weight excluding hydrogens is 296 g/mol. The second kappa shape index (κ2) is 7.42. The predicted octanol–water partition coefficient (Wildman–Crippen LogP) is 3.10. The van der Waals surface area contributed by atoms with Crippen molar-refractivity contribution in [2.45, 2.75) is 13.0 Å². The molecule has 0 saturated heterocycles. The van der Waals surface area contributed by atoms with E-state index in [1.54, 1.807) is 7.11 Å². The summed E-state index contributed by atoms with van der Waals surface area (Å²) in [5, 5.41) is 4.97. The molecule has 2 rings (SSSR count). The second-order valence-corrected chi connectivity index (χ2v) is 6.31. The van der Waals surface area contributed by atoms with E-state index in [1.807, 2.05) is 56.7 Å². The van der Waals surface area contributed by atoms with Gasteiger partial charge in [0.15, 0.2) is 0 Å². The van der Waals surface area contributed by atoms with Gasteiger partial charge in [-0.25, -0.2) is 0 Å². The Bertz CT molecular complexity index is 620. The lowest BCUT2D eigenvalue weighted by molar-refractivity contribution is 0.0945. The Morgan fingerprint density at radius 3 is 2.45 bits per heavy atom. The number of hydrogen-bond acceptors (Lipinski definition) is 4. The number of ether oxygens (including phenoxy) is 1. The summed E-state index contributed by atoms with van der Waals surface area (Å²) >= 11 is 1.48. The van der Waals surface area contributed by atoms with Crippen LogP contribution in [0.4, 0.5) is 0 Å². The van der Waals surface area contributed by atoms with Crippen molar-refractivity contribution in [3.8, 4) is 5.75 Å². The SMILES string of the molecule is COc1ccc(C(CNC(=O)c2sccc2C)N(C)C)cc1. The average Bonchev–Trinajstić information content (AvgIpc) is 2.94. The molecule has 1 aromatic carbocycles. The zero-order valence-corrected chi connectivity index (χ0v) is 14.2. The summed E-state index contributed by atoms with van der Waals surface area (Å²) in [6.45, 7) is 2.52. The fourth-order valence-corrected chi connectivity index (χ4v) is 3.14. The minimum Gasteiger partial charge on any atom is -0.497 e. The molecule has 0 aliphatic heterocycles. The van der Waals surface area contributed by atoms with Gasteiger partial charge >= 0.3 is 0 Å². The second-order valence-electron chi connectivity index (χ2n) is 5.40. The largest absolute Gasteiger partial charge is 0.497 e. The van der Waals surface area contributed by atoms with Crippen LogP contribution in [-0.2, 0) is 0 Å². The van der Waals surface area contributed by atoms with Crippen molar-refractivity contribution in [1.82, 2.24) is 10.2 Å². The van der Waals surface area contributed by atoms with Crippen LogP contribution in [-0.4, -0.2) is 38.6 Å². The first-order valence-electron chi connectivity index (χ1n) is 7.15. The Morgan fingerprint density at radius 2 is 1.95 bits per heavy atom. The first kappa shape index (κ1) is 16.5. The van der Waals surface area contributed by atoms with Gasteiger partial charge in [-0.2, -0.15) is 0 Å². The smallest absolute Gasteiger partial charge is 0.261 e. The molecule has 0 aliphatic rings. The van der Waals surface area contributed by atoms with Crippen molar-refractivity contribution >= 4 is 17.2 Å². The molecule has 1 atom stereocenters. The van der Waals surface area contributed by atoms with Gasteiger partial charge in [-0.05, 0) is 55.7 Å². The molecule has 0 saturated carbocycles. The van der Waals surface area contributed by atoms with E-state index in [4.69, 9.17) is 4.74 Å². The Morgan fingerprint density at radius 1 is 1.27 bits per heavy atom. The fourth-order valence-electron chi connectivity index (χ4n) is 2.30. The summed E-state index contributed by atoms with van der Waals surface area (Å²) in [6, 6.07) is 10.0. The number of likely N-dealkylation sites (N-methyl/N-ethyl adjacent to an activating group) is 1. The number of nitrogens with zero attached hydrogens (tertiary/aromatic N) is 1. The normalized spacial score (nSPS) is 12.2. The van der Waals surface area contributed by atoms with Gasteiger partial charge in [0, 0.05) is 6.54 Å². The van der Waals surface area contributed by atoms with E-state index < -0.39 is 0 Å². The number of rotatable bonds is 6. The monoisotopic (exact) mass is 318 g/mol. The molecule has 0 spiro atoms. The van der Waals surface area contributed by atoms with Gasteiger partial charge in [-0.3, -0.25) is 4.79 Å². The van der Waals surface area contributed by atoms with E-state index in [9.17, 15) is 4.79 Å². The van der Waals surface area contributed by atoms with Gasteiger partial charge in [-0.1, -0.05) is 12.1 Å². The van der Waals surface area contributed by atoms with Crippen molar-refractivity contribution < 1.29 is 9.53 Å². The van der Waals surface area contributed by atoms with Crippen LogP contribution < -0.4 is 10.1 Å². The van der Waals surface area contributed by atoms with E-state index in [2.05, 4.69) is 10.2 Å². The summed E-state index contributed by atoms with van der Waals surface area (Å²) in [5.41, 5.74) is 2.17. The summed E-state index contributed by atoms with van der Waals surface area (Å²) < 4.78 is 5.19. The van der Waals surface area contributed by atoms with Crippen LogP contribution >= 0.6 is 11.3 Å². The molecular formula is C17H22N2O2S. The molecule has 1 unspecified atom stereocenters. The van der Waals surface area contributed by atoms with Crippen molar-refractivity contribution in [2.75, 3.05) is 27.7 Å². The van der Waals surface area contributed by atoms with Gasteiger partial charge in [0.2, 0.25) is 0 Å². The third kappa shape index (κ3) is 3.87. The topological polar surface area (TPSA) is 41.6 Å². The number of carbonyl (C=O) groups is 1. The Balaban J connectivity index is 2.05. The number of benzene rings is 1. The van der Waals surface area contributed by atoms with Gasteiger partial charge < -0.3 is 15.0 Å². The molecule has 1 amide bonds. The van der Waals surface area contributed by atoms with E-state index in [-0.39, 0.29) is 11.9 Å². The Hall–Kier alpha value is -1.85. The highest BCUT2D eigenvalue weighted by molar-refractivity contribution is 7.12. The van der Waals surface area contributed by atoms with E-state index in [1.165, 1.54) is 11.3 Å². The fraction of sp³-hybridized carbons (Fsp3) is 0.353. The molecule has 1 aromatic heterocycles. The number of aryl methyl sites for hydroxylation is 1. The van der Waals surface area contributed by atoms with E-state index >= 15 is 0 Å². The van der Waals surface area contributed by atoms with Gasteiger partial charge in [0.05, 0.1) is 18.0 Å². The quantitative estimate of drug-likeness (QED) is 0.890. The number of nitrogens with one attached hydrogen (secondary N) is 1. The Kier molecular flexibility index (Phi) is 5.57. The van der Waals surface area contributed by atoms with Crippen LogP contribution in [0, 0.1) is 6.92 Å². The van der Waals surface area contributed by atoms with E-state index in [0.717, 1.165) is 21.8 Å². The van der Waals surface area contributed by atoms with Crippen LogP contribution in [0.15, 0.2) is 35.7 Å². The van der Waals surface area contributed by atoms with Crippen LogP contribution in [0.3, 0.4) is 0 Å². The van der Waals surface area contributed by atoms with Crippen molar-refractivity contribution in [3.05, 3.63) is 51.7 Å². The number of amides is 1. The maximum atomic E-state index is 12.2. The van der Waals surface area contributed by atoms with Crippen LogP contribution in [0.2, 0.25) is 0 Å². The van der Waals surface area contributed by atoms with Crippen molar-refractivity contribution in [1.29, 1.82) is 0 Å². The van der Waals surface area contributed by atoms with Crippen molar-refractivity contribution in [3.63, 3.8) is 0 Å². The highest BCUT2D eigenvalue weighted by Gasteiger charge is 2.17. The summed E-state index contributed by atoms with van der Waals surface area (Å²) in [4.78, 5) is 15.1. The molecule has 1 N–H and O–H groups in total. The summed E-state index contributed by atoms with van der Waals surface area (Å²) in [7, 11) is 5.68. The lowest BCUT2D eigenvalue weighted by Crippen LogP contribution is -2.34. The molecule has 1 heterocycles. The molecule has 0 fully saturated rings. The standard InChI is InChI=1S/C17H22N2O2S/c1-12-9-10-22-16(12)17(20)18-11-15(19(2)3)13-5-7-14(21-4)8-6-13/h5-10,15H,11H2,1-4H3,(H,18,20). The van der Waals surface area contributed by atoms with E-state index in [0.29, 0.717) is 6.54 Å². The average molecular weight is 318 g/mol.